The van der Waals surface area contributed by atoms with Crippen LogP contribution >= 0.6 is 0 Å². The maximum atomic E-state index is 11.2. The molecule has 1 aromatic heterocycles. The summed E-state index contributed by atoms with van der Waals surface area (Å²) in [6.07, 6.45) is 2.45. The van der Waals surface area contributed by atoms with Gasteiger partial charge in [-0.25, -0.2) is 9.78 Å². The van der Waals surface area contributed by atoms with Gasteiger partial charge in [0.25, 0.3) is 0 Å². The normalized spacial score (nSPS) is 14.7. The van der Waals surface area contributed by atoms with Crippen LogP contribution in [0.25, 0.3) is 10.9 Å². The van der Waals surface area contributed by atoms with Gasteiger partial charge in [0.15, 0.2) is 0 Å². The van der Waals surface area contributed by atoms with Gasteiger partial charge in [-0.2, -0.15) is 0 Å². The van der Waals surface area contributed by atoms with Crippen molar-refractivity contribution in [1.29, 1.82) is 0 Å². The van der Waals surface area contributed by atoms with Crippen molar-refractivity contribution in [1.82, 2.24) is 4.98 Å². The van der Waals surface area contributed by atoms with E-state index >= 15 is 0 Å². The van der Waals surface area contributed by atoms with Crippen molar-refractivity contribution in [3.05, 3.63) is 35.9 Å². The molecule has 4 heteroatoms. The minimum absolute atomic E-state index is 0.245. The number of hydrogen-bond acceptors (Lipinski definition) is 3. The van der Waals surface area contributed by atoms with Crippen molar-refractivity contribution in [2.45, 2.75) is 12.8 Å². The van der Waals surface area contributed by atoms with Gasteiger partial charge in [-0.3, -0.25) is 0 Å². The van der Waals surface area contributed by atoms with Crippen molar-refractivity contribution >= 4 is 22.7 Å². The van der Waals surface area contributed by atoms with Crippen molar-refractivity contribution in [2.75, 3.05) is 11.9 Å². The number of pyridine rings is 1. The number of anilines is 1. The van der Waals surface area contributed by atoms with Crippen molar-refractivity contribution in [2.24, 2.45) is 5.92 Å². The predicted molar refractivity (Wildman–Crippen MR) is 69.9 cm³/mol. The molecule has 0 amide bonds. The zero-order valence-electron chi connectivity index (χ0n) is 9.89. The van der Waals surface area contributed by atoms with Gasteiger partial charge in [0, 0.05) is 11.9 Å². The first-order valence-electron chi connectivity index (χ1n) is 6.11. The van der Waals surface area contributed by atoms with E-state index in [-0.39, 0.29) is 5.56 Å². The van der Waals surface area contributed by atoms with Gasteiger partial charge in [-0.05, 0) is 30.9 Å². The molecule has 1 saturated carbocycles. The summed E-state index contributed by atoms with van der Waals surface area (Å²) in [6.45, 7) is 0.811. The van der Waals surface area contributed by atoms with E-state index in [9.17, 15) is 9.90 Å². The number of aromatic nitrogens is 1. The maximum Gasteiger partial charge on any atom is 0.339 e. The van der Waals surface area contributed by atoms with Crippen LogP contribution < -0.4 is 5.32 Å². The molecule has 0 unspecified atom stereocenters. The highest BCUT2D eigenvalue weighted by atomic mass is 16.4. The van der Waals surface area contributed by atoms with Crippen LogP contribution in [0, 0.1) is 5.92 Å². The first kappa shape index (κ1) is 11.0. The fraction of sp³-hybridized carbons (Fsp3) is 0.286. The average Bonchev–Trinajstić information content (AvgIpc) is 3.19. The van der Waals surface area contributed by atoms with Gasteiger partial charge in [0.05, 0.1) is 5.52 Å². The van der Waals surface area contributed by atoms with Crippen molar-refractivity contribution in [3.63, 3.8) is 0 Å². The summed E-state index contributed by atoms with van der Waals surface area (Å²) in [6, 6.07) is 9.23. The topological polar surface area (TPSA) is 62.2 Å². The highest BCUT2D eigenvalue weighted by Crippen LogP contribution is 2.29. The fourth-order valence-electron chi connectivity index (χ4n) is 1.98. The van der Waals surface area contributed by atoms with E-state index in [1.165, 1.54) is 12.8 Å². The number of benzene rings is 1. The molecular weight excluding hydrogens is 228 g/mol. The Balaban J connectivity index is 2.01. The van der Waals surface area contributed by atoms with E-state index in [2.05, 4.69) is 10.3 Å². The number of carbonyl (C=O) groups is 1. The minimum atomic E-state index is -0.938. The molecular formula is C14H14N2O2. The van der Waals surface area contributed by atoms with Crippen LogP contribution in [0.5, 0.6) is 0 Å². The zero-order chi connectivity index (χ0) is 12.5. The number of para-hydroxylation sites is 1. The second-order valence-corrected chi connectivity index (χ2v) is 4.71. The van der Waals surface area contributed by atoms with E-state index in [0.717, 1.165) is 17.4 Å². The molecule has 1 heterocycles. The Kier molecular flexibility index (Phi) is 2.63. The third-order valence-electron chi connectivity index (χ3n) is 3.21. The van der Waals surface area contributed by atoms with Crippen molar-refractivity contribution < 1.29 is 9.90 Å². The molecule has 3 rings (SSSR count). The Morgan fingerprint density at radius 1 is 1.39 bits per heavy atom. The van der Waals surface area contributed by atoms with Gasteiger partial charge in [-0.1, -0.05) is 18.2 Å². The van der Waals surface area contributed by atoms with E-state index in [1.807, 2.05) is 24.3 Å². The summed E-state index contributed by atoms with van der Waals surface area (Å²) in [5.74, 6) is 0.222. The Hall–Kier alpha value is -2.10. The fourth-order valence-corrected chi connectivity index (χ4v) is 1.98. The highest BCUT2D eigenvalue weighted by molar-refractivity contribution is 5.98. The second-order valence-electron chi connectivity index (χ2n) is 4.71. The average molecular weight is 242 g/mol. The van der Waals surface area contributed by atoms with Crippen LogP contribution in [0.2, 0.25) is 0 Å². The summed E-state index contributed by atoms with van der Waals surface area (Å²) < 4.78 is 0. The molecule has 0 bridgehead atoms. The number of nitrogens with one attached hydrogen (secondary N) is 1. The molecule has 1 aliphatic carbocycles. The first-order chi connectivity index (χ1) is 8.74. The third-order valence-corrected chi connectivity index (χ3v) is 3.21. The molecule has 1 aromatic carbocycles. The Bertz CT molecular complexity index is 606. The minimum Gasteiger partial charge on any atom is -0.478 e. The molecule has 92 valence electrons. The zero-order valence-corrected chi connectivity index (χ0v) is 9.89. The molecule has 0 radical (unpaired) electrons. The molecule has 1 aliphatic rings. The van der Waals surface area contributed by atoms with Gasteiger partial charge in [-0.15, -0.1) is 0 Å². The maximum absolute atomic E-state index is 11.2. The molecule has 0 atom stereocenters. The molecule has 0 spiro atoms. The van der Waals surface area contributed by atoms with Crippen molar-refractivity contribution in [3.8, 4) is 0 Å². The first-order valence-corrected chi connectivity index (χ1v) is 6.11. The molecule has 0 saturated heterocycles. The summed E-state index contributed by atoms with van der Waals surface area (Å²) in [7, 11) is 0. The van der Waals surface area contributed by atoms with Crippen LogP contribution in [-0.4, -0.2) is 22.6 Å². The van der Waals surface area contributed by atoms with Crippen LogP contribution in [-0.2, 0) is 0 Å². The van der Waals surface area contributed by atoms with Crippen LogP contribution in [0.4, 0.5) is 5.82 Å². The Labute approximate surface area is 105 Å². The monoisotopic (exact) mass is 242 g/mol. The van der Waals surface area contributed by atoms with Crippen LogP contribution in [0.1, 0.15) is 23.2 Å². The Morgan fingerprint density at radius 3 is 2.89 bits per heavy atom. The van der Waals surface area contributed by atoms with E-state index in [0.29, 0.717) is 11.7 Å². The van der Waals surface area contributed by atoms with Crippen LogP contribution in [0.15, 0.2) is 30.3 Å². The number of fused-ring (bicyclic) bond motifs is 1. The number of aromatic carboxylic acids is 1. The SMILES string of the molecule is O=C(O)c1cc2ccccc2nc1NCC1CC1. The number of hydrogen-bond donors (Lipinski definition) is 2. The third kappa shape index (κ3) is 2.14. The lowest BCUT2D eigenvalue weighted by molar-refractivity contribution is 0.0698. The lowest BCUT2D eigenvalue weighted by Crippen LogP contribution is -2.10. The lowest BCUT2D eigenvalue weighted by Gasteiger charge is -2.09. The summed E-state index contributed by atoms with van der Waals surface area (Å²) in [5.41, 5.74) is 1.06. The van der Waals surface area contributed by atoms with Gasteiger partial charge >= 0.3 is 5.97 Å². The predicted octanol–water partition coefficient (Wildman–Crippen LogP) is 2.75. The Morgan fingerprint density at radius 2 is 2.17 bits per heavy atom. The summed E-state index contributed by atoms with van der Waals surface area (Å²) in [5, 5.41) is 13.2. The number of rotatable bonds is 4. The molecule has 2 aromatic rings. The highest BCUT2D eigenvalue weighted by Gasteiger charge is 2.22. The van der Waals surface area contributed by atoms with E-state index in [4.69, 9.17) is 0 Å². The molecule has 0 aliphatic heterocycles. The van der Waals surface area contributed by atoms with Gasteiger partial charge < -0.3 is 10.4 Å². The molecule has 2 N–H and O–H groups in total. The number of carboxylic acid groups (broad SMARTS) is 1. The summed E-state index contributed by atoms with van der Waals surface area (Å²) in [4.78, 5) is 15.6. The van der Waals surface area contributed by atoms with Gasteiger partial charge in [0.1, 0.15) is 11.4 Å². The largest absolute Gasteiger partial charge is 0.478 e. The second kappa shape index (κ2) is 4.29. The molecule has 1 fully saturated rings. The van der Waals surface area contributed by atoms with E-state index < -0.39 is 5.97 Å². The lowest BCUT2D eigenvalue weighted by atomic mass is 10.1. The molecule has 18 heavy (non-hydrogen) atoms. The van der Waals surface area contributed by atoms with Gasteiger partial charge in [0.2, 0.25) is 0 Å². The van der Waals surface area contributed by atoms with Crippen LogP contribution in [0.3, 0.4) is 0 Å². The number of nitrogens with zero attached hydrogens (tertiary/aromatic N) is 1. The standard InChI is InChI=1S/C14H14N2O2/c17-14(18)11-7-10-3-1-2-4-12(10)16-13(11)15-8-9-5-6-9/h1-4,7,9H,5-6,8H2,(H,15,16)(H,17,18). The molecule has 4 nitrogen and oxygen atoms in total. The summed E-state index contributed by atoms with van der Waals surface area (Å²) >= 11 is 0. The smallest absolute Gasteiger partial charge is 0.339 e. The number of carboxylic acids is 1. The quantitative estimate of drug-likeness (QED) is 0.865. The van der Waals surface area contributed by atoms with E-state index in [1.54, 1.807) is 6.07 Å².